The Balaban J connectivity index is 2.31. The molecule has 0 aromatic heterocycles. The van der Waals surface area contributed by atoms with E-state index in [1.165, 1.54) is 18.4 Å². The molecule has 0 radical (unpaired) electrons. The lowest BCUT2D eigenvalue weighted by atomic mass is 9.80. The molecule has 1 aromatic carbocycles. The maximum absolute atomic E-state index is 13.1. The molecule has 0 nitrogen and oxygen atoms in total. The van der Waals surface area contributed by atoms with Crippen molar-refractivity contribution in [2.45, 2.75) is 31.1 Å². The fourth-order valence-corrected chi connectivity index (χ4v) is 2.62. The van der Waals surface area contributed by atoms with E-state index in [4.69, 9.17) is 0 Å². The second-order valence-corrected chi connectivity index (χ2v) is 5.04. The van der Waals surface area contributed by atoms with Gasteiger partial charge in [-0.25, -0.2) is 0 Å². The Morgan fingerprint density at radius 2 is 1.71 bits per heavy atom. The minimum absolute atomic E-state index is 0.166. The van der Waals surface area contributed by atoms with Crippen LogP contribution in [0.2, 0.25) is 0 Å². The van der Waals surface area contributed by atoms with Crippen molar-refractivity contribution in [3.8, 4) is 0 Å². The van der Waals surface area contributed by atoms with Gasteiger partial charge in [-0.3, -0.25) is 4.39 Å². The molecule has 1 aliphatic carbocycles. The van der Waals surface area contributed by atoms with E-state index >= 15 is 0 Å². The lowest BCUT2D eigenvalue weighted by molar-refractivity contribution is 0.309. The van der Waals surface area contributed by atoms with Gasteiger partial charge in [-0.2, -0.15) is 0 Å². The summed E-state index contributed by atoms with van der Waals surface area (Å²) in [6.45, 7) is -0.214. The van der Waals surface area contributed by atoms with Gasteiger partial charge in [0.1, 0.15) is 0 Å². The van der Waals surface area contributed by atoms with Gasteiger partial charge in [0.05, 0.1) is 6.67 Å². The van der Waals surface area contributed by atoms with E-state index in [1.807, 2.05) is 12.1 Å². The maximum Gasteiger partial charge on any atom is 0.0990 e. The summed E-state index contributed by atoms with van der Waals surface area (Å²) in [4.78, 5) is 0. The summed E-state index contributed by atoms with van der Waals surface area (Å²) in [6.07, 6.45) is 4.34. The van der Waals surface area contributed by atoms with Crippen molar-refractivity contribution in [1.82, 2.24) is 0 Å². The normalized spacial score (nSPS) is 19.9. The number of rotatable bonds is 2. The van der Waals surface area contributed by atoms with Gasteiger partial charge in [-0.15, -0.1) is 0 Å². The van der Waals surface area contributed by atoms with Crippen molar-refractivity contribution in [1.29, 1.82) is 0 Å². The minimum atomic E-state index is -0.214. The lowest BCUT2D eigenvalue weighted by Gasteiger charge is -2.25. The van der Waals surface area contributed by atoms with Gasteiger partial charge in [0.15, 0.2) is 0 Å². The molecular weight excluding hydrogens is 243 g/mol. The summed E-state index contributed by atoms with van der Waals surface area (Å²) in [5.74, 6) is 0. The fourth-order valence-electron chi connectivity index (χ4n) is 2.35. The molecule has 1 aliphatic rings. The Hall–Kier alpha value is -0.370. The van der Waals surface area contributed by atoms with Gasteiger partial charge in [-0.1, -0.05) is 40.9 Å². The van der Waals surface area contributed by atoms with E-state index in [0.29, 0.717) is 0 Å². The van der Waals surface area contributed by atoms with Gasteiger partial charge in [0.2, 0.25) is 0 Å². The Morgan fingerprint density at radius 3 is 2.21 bits per heavy atom. The Labute approximate surface area is 92.6 Å². The van der Waals surface area contributed by atoms with Crippen LogP contribution in [-0.4, -0.2) is 6.67 Å². The van der Waals surface area contributed by atoms with Crippen LogP contribution in [0.3, 0.4) is 0 Å². The van der Waals surface area contributed by atoms with Crippen LogP contribution in [0, 0.1) is 0 Å². The first kappa shape index (κ1) is 10.2. The third-order valence-electron chi connectivity index (χ3n) is 3.27. The van der Waals surface area contributed by atoms with Crippen molar-refractivity contribution >= 4 is 15.9 Å². The topological polar surface area (TPSA) is 0 Å². The summed E-state index contributed by atoms with van der Waals surface area (Å²) in [5.41, 5.74) is 1.00. The minimum Gasteiger partial charge on any atom is -0.250 e. The van der Waals surface area contributed by atoms with Gasteiger partial charge >= 0.3 is 0 Å². The highest BCUT2D eigenvalue weighted by Crippen LogP contribution is 2.41. The SMILES string of the molecule is FCC1(c2ccc(Br)cc2)CCCC1. The van der Waals surface area contributed by atoms with E-state index < -0.39 is 0 Å². The van der Waals surface area contributed by atoms with Gasteiger partial charge in [0, 0.05) is 9.89 Å². The molecule has 1 aromatic rings. The van der Waals surface area contributed by atoms with E-state index in [-0.39, 0.29) is 12.1 Å². The largest absolute Gasteiger partial charge is 0.250 e. The molecule has 2 heteroatoms. The number of hydrogen-bond donors (Lipinski definition) is 0. The Morgan fingerprint density at radius 1 is 1.14 bits per heavy atom. The molecule has 0 aliphatic heterocycles. The molecule has 0 N–H and O–H groups in total. The smallest absolute Gasteiger partial charge is 0.0990 e. The van der Waals surface area contributed by atoms with Crippen LogP contribution in [0.1, 0.15) is 31.2 Å². The number of benzene rings is 1. The number of hydrogen-bond acceptors (Lipinski definition) is 0. The molecule has 0 spiro atoms. The van der Waals surface area contributed by atoms with Crippen LogP contribution in [-0.2, 0) is 5.41 Å². The molecule has 14 heavy (non-hydrogen) atoms. The standard InChI is InChI=1S/C12H14BrF/c13-11-5-3-10(4-6-11)12(9-14)7-1-2-8-12/h3-6H,1-2,7-9H2. The lowest BCUT2D eigenvalue weighted by Crippen LogP contribution is -2.24. The number of halogens is 2. The quantitative estimate of drug-likeness (QED) is 0.743. The fraction of sp³-hybridized carbons (Fsp3) is 0.500. The molecule has 0 heterocycles. The van der Waals surface area contributed by atoms with E-state index in [9.17, 15) is 4.39 Å². The zero-order valence-electron chi connectivity index (χ0n) is 8.10. The molecular formula is C12H14BrF. The van der Waals surface area contributed by atoms with Crippen molar-refractivity contribution in [3.05, 3.63) is 34.3 Å². The molecule has 0 saturated heterocycles. The van der Waals surface area contributed by atoms with Crippen LogP contribution >= 0.6 is 15.9 Å². The highest BCUT2D eigenvalue weighted by molar-refractivity contribution is 9.10. The maximum atomic E-state index is 13.1. The van der Waals surface area contributed by atoms with Crippen LogP contribution in [0.15, 0.2) is 28.7 Å². The van der Waals surface area contributed by atoms with E-state index in [2.05, 4.69) is 28.1 Å². The summed E-state index contributed by atoms with van der Waals surface area (Å²) in [6, 6.07) is 8.11. The molecule has 2 rings (SSSR count). The summed E-state index contributed by atoms with van der Waals surface area (Å²) in [7, 11) is 0. The first-order chi connectivity index (χ1) is 6.77. The third-order valence-corrected chi connectivity index (χ3v) is 3.80. The highest BCUT2D eigenvalue weighted by Gasteiger charge is 2.35. The predicted molar refractivity (Wildman–Crippen MR) is 60.3 cm³/mol. The zero-order chi connectivity index (χ0) is 10.0. The summed E-state index contributed by atoms with van der Waals surface area (Å²) < 4.78 is 14.2. The summed E-state index contributed by atoms with van der Waals surface area (Å²) in [5, 5.41) is 0. The van der Waals surface area contributed by atoms with Crippen molar-refractivity contribution in [3.63, 3.8) is 0 Å². The Bertz CT molecular complexity index is 299. The molecule has 0 bridgehead atoms. The average Bonchev–Trinajstić information content (AvgIpc) is 2.68. The monoisotopic (exact) mass is 256 g/mol. The molecule has 0 atom stereocenters. The molecule has 1 fully saturated rings. The summed E-state index contributed by atoms with van der Waals surface area (Å²) >= 11 is 3.40. The second kappa shape index (κ2) is 4.01. The predicted octanol–water partition coefficient (Wildman–Crippen LogP) is 4.23. The average molecular weight is 257 g/mol. The molecule has 1 saturated carbocycles. The molecule has 76 valence electrons. The highest BCUT2D eigenvalue weighted by atomic mass is 79.9. The van der Waals surface area contributed by atoms with Gasteiger partial charge in [0.25, 0.3) is 0 Å². The van der Waals surface area contributed by atoms with Crippen molar-refractivity contribution in [2.24, 2.45) is 0 Å². The zero-order valence-corrected chi connectivity index (χ0v) is 9.69. The van der Waals surface area contributed by atoms with Crippen molar-refractivity contribution in [2.75, 3.05) is 6.67 Å². The van der Waals surface area contributed by atoms with Gasteiger partial charge in [-0.05, 0) is 30.5 Å². The van der Waals surface area contributed by atoms with Crippen LogP contribution in [0.25, 0.3) is 0 Å². The number of alkyl halides is 1. The van der Waals surface area contributed by atoms with Crippen LogP contribution < -0.4 is 0 Å². The van der Waals surface area contributed by atoms with Crippen molar-refractivity contribution < 1.29 is 4.39 Å². The Kier molecular flexibility index (Phi) is 2.91. The van der Waals surface area contributed by atoms with Crippen LogP contribution in [0.4, 0.5) is 4.39 Å². The second-order valence-electron chi connectivity index (χ2n) is 4.13. The van der Waals surface area contributed by atoms with E-state index in [1.54, 1.807) is 0 Å². The van der Waals surface area contributed by atoms with Gasteiger partial charge < -0.3 is 0 Å². The molecule has 0 unspecified atom stereocenters. The third kappa shape index (κ3) is 1.72. The van der Waals surface area contributed by atoms with Crippen LogP contribution in [0.5, 0.6) is 0 Å². The first-order valence-corrected chi connectivity index (χ1v) is 5.88. The first-order valence-electron chi connectivity index (χ1n) is 5.09. The van der Waals surface area contributed by atoms with E-state index in [0.717, 1.165) is 17.3 Å². The molecule has 0 amide bonds.